The summed E-state index contributed by atoms with van der Waals surface area (Å²) in [6.45, 7) is 2.97. The van der Waals surface area contributed by atoms with Crippen molar-refractivity contribution in [2.45, 2.75) is 19.6 Å². The molecule has 0 fully saturated rings. The van der Waals surface area contributed by atoms with Crippen LogP contribution in [0, 0.1) is 0 Å². The highest BCUT2D eigenvalue weighted by Gasteiger charge is 2.05. The summed E-state index contributed by atoms with van der Waals surface area (Å²) < 4.78 is 7.23. The first-order valence-electron chi connectivity index (χ1n) is 5.61. The Kier molecular flexibility index (Phi) is 3.31. The van der Waals surface area contributed by atoms with Gasteiger partial charge in [-0.05, 0) is 24.6 Å². The van der Waals surface area contributed by atoms with E-state index in [0.29, 0.717) is 13.2 Å². The van der Waals surface area contributed by atoms with Gasteiger partial charge in [-0.3, -0.25) is 4.68 Å². The van der Waals surface area contributed by atoms with Crippen LogP contribution in [-0.2, 0) is 18.4 Å². The van der Waals surface area contributed by atoms with Crippen LogP contribution in [-0.4, -0.2) is 22.4 Å². The third-order valence-corrected chi connectivity index (χ3v) is 2.48. The van der Waals surface area contributed by atoms with Gasteiger partial charge in [0.1, 0.15) is 0 Å². The van der Waals surface area contributed by atoms with Gasteiger partial charge in [0.15, 0.2) is 0 Å². The molecule has 1 aromatic heterocycles. The summed E-state index contributed by atoms with van der Waals surface area (Å²) >= 11 is 0. The summed E-state index contributed by atoms with van der Waals surface area (Å²) in [5.74, 6) is 0. The van der Waals surface area contributed by atoms with Crippen molar-refractivity contribution in [3.05, 3.63) is 23.9 Å². The number of anilines is 1. The first-order chi connectivity index (χ1) is 8.06. The first-order valence-corrected chi connectivity index (χ1v) is 5.61. The van der Waals surface area contributed by atoms with Crippen molar-refractivity contribution in [2.24, 2.45) is 12.8 Å². The van der Waals surface area contributed by atoms with Crippen LogP contribution in [0.25, 0.3) is 10.9 Å². The fourth-order valence-corrected chi connectivity index (χ4v) is 1.78. The van der Waals surface area contributed by atoms with E-state index in [1.165, 1.54) is 0 Å². The Bertz CT molecular complexity index is 518. The number of hydrogen-bond acceptors (Lipinski definition) is 4. The van der Waals surface area contributed by atoms with Gasteiger partial charge < -0.3 is 16.2 Å². The third kappa shape index (κ3) is 2.75. The quantitative estimate of drug-likeness (QED) is 0.774. The molecule has 0 aliphatic heterocycles. The van der Waals surface area contributed by atoms with E-state index < -0.39 is 0 Å². The van der Waals surface area contributed by atoms with Gasteiger partial charge in [0.25, 0.3) is 0 Å². The van der Waals surface area contributed by atoms with Gasteiger partial charge in [-0.1, -0.05) is 0 Å². The lowest BCUT2D eigenvalue weighted by Crippen LogP contribution is -2.21. The molecule has 0 spiro atoms. The standard InChI is InChI=1S/C12H18N4O/c1-8(13)6-17-7-9-3-11(14)10-5-16(2)15-12(10)4-9/h3-5,8H,6-7,13-14H2,1-2H3/t8-/m1/s1. The Balaban J connectivity index is 2.18. The summed E-state index contributed by atoms with van der Waals surface area (Å²) in [6.07, 6.45) is 1.91. The first kappa shape index (κ1) is 11.9. The van der Waals surface area contributed by atoms with Crippen LogP contribution in [0.5, 0.6) is 0 Å². The Labute approximate surface area is 100 Å². The van der Waals surface area contributed by atoms with Crippen LogP contribution in [0.2, 0.25) is 0 Å². The van der Waals surface area contributed by atoms with Crippen LogP contribution < -0.4 is 11.5 Å². The predicted octanol–water partition coefficient (Wildman–Crippen LogP) is 1.02. The second-order valence-corrected chi connectivity index (χ2v) is 4.41. The summed E-state index contributed by atoms with van der Waals surface area (Å²) in [6, 6.07) is 3.96. The maximum atomic E-state index is 5.97. The van der Waals surface area contributed by atoms with Crippen LogP contribution in [0.4, 0.5) is 5.69 Å². The number of ether oxygens (including phenoxy) is 1. The molecule has 0 radical (unpaired) electrons. The maximum Gasteiger partial charge on any atom is 0.0947 e. The van der Waals surface area contributed by atoms with Crippen molar-refractivity contribution in [1.82, 2.24) is 9.78 Å². The van der Waals surface area contributed by atoms with Crippen LogP contribution in [0.15, 0.2) is 18.3 Å². The molecule has 0 amide bonds. The Morgan fingerprint density at radius 1 is 1.47 bits per heavy atom. The minimum absolute atomic E-state index is 0.0472. The van der Waals surface area contributed by atoms with Crippen molar-refractivity contribution in [3.8, 4) is 0 Å². The molecule has 92 valence electrons. The summed E-state index contributed by atoms with van der Waals surface area (Å²) in [4.78, 5) is 0. The van der Waals surface area contributed by atoms with Crippen molar-refractivity contribution in [3.63, 3.8) is 0 Å². The van der Waals surface area contributed by atoms with E-state index in [1.807, 2.05) is 32.3 Å². The molecule has 1 atom stereocenters. The third-order valence-electron chi connectivity index (χ3n) is 2.48. The molecular formula is C12H18N4O. The zero-order valence-corrected chi connectivity index (χ0v) is 10.2. The minimum Gasteiger partial charge on any atom is -0.398 e. The largest absolute Gasteiger partial charge is 0.398 e. The molecule has 1 heterocycles. The Hall–Kier alpha value is -1.59. The number of nitrogens with two attached hydrogens (primary N) is 2. The molecule has 0 aliphatic carbocycles. The monoisotopic (exact) mass is 234 g/mol. The lowest BCUT2D eigenvalue weighted by Gasteiger charge is -2.07. The van der Waals surface area contributed by atoms with E-state index in [9.17, 15) is 0 Å². The zero-order chi connectivity index (χ0) is 12.4. The molecule has 5 heteroatoms. The summed E-state index contributed by atoms with van der Waals surface area (Å²) in [5, 5.41) is 5.31. The normalized spacial score (nSPS) is 13.1. The van der Waals surface area contributed by atoms with Gasteiger partial charge >= 0.3 is 0 Å². The van der Waals surface area contributed by atoms with Crippen molar-refractivity contribution >= 4 is 16.6 Å². The highest BCUT2D eigenvalue weighted by molar-refractivity contribution is 5.90. The molecule has 4 N–H and O–H groups in total. The topological polar surface area (TPSA) is 79.1 Å². The Morgan fingerprint density at radius 3 is 2.94 bits per heavy atom. The number of nitrogens with zero attached hydrogens (tertiary/aromatic N) is 2. The van der Waals surface area contributed by atoms with E-state index in [0.717, 1.165) is 22.2 Å². The maximum absolute atomic E-state index is 5.97. The molecule has 0 aliphatic rings. The van der Waals surface area contributed by atoms with Crippen LogP contribution in [0.3, 0.4) is 0 Å². The molecule has 5 nitrogen and oxygen atoms in total. The van der Waals surface area contributed by atoms with Crippen LogP contribution >= 0.6 is 0 Å². The van der Waals surface area contributed by atoms with Gasteiger partial charge in [0.05, 0.1) is 18.7 Å². The highest BCUT2D eigenvalue weighted by Crippen LogP contribution is 2.22. The second kappa shape index (κ2) is 4.73. The molecule has 0 unspecified atom stereocenters. The average Bonchev–Trinajstić information content (AvgIpc) is 2.58. The molecule has 2 aromatic rings. The molecule has 0 bridgehead atoms. The van der Waals surface area contributed by atoms with Crippen LogP contribution in [0.1, 0.15) is 12.5 Å². The number of aryl methyl sites for hydroxylation is 1. The number of nitrogen functional groups attached to an aromatic ring is 1. The van der Waals surface area contributed by atoms with Gasteiger partial charge in [0.2, 0.25) is 0 Å². The number of rotatable bonds is 4. The van der Waals surface area contributed by atoms with E-state index in [2.05, 4.69) is 5.10 Å². The van der Waals surface area contributed by atoms with E-state index in [-0.39, 0.29) is 6.04 Å². The summed E-state index contributed by atoms with van der Waals surface area (Å²) in [7, 11) is 1.88. The van der Waals surface area contributed by atoms with Gasteiger partial charge in [-0.25, -0.2) is 0 Å². The van der Waals surface area contributed by atoms with Gasteiger partial charge in [-0.15, -0.1) is 0 Å². The lowest BCUT2D eigenvalue weighted by atomic mass is 10.1. The summed E-state index contributed by atoms with van der Waals surface area (Å²) in [5.41, 5.74) is 14.2. The fraction of sp³-hybridized carbons (Fsp3) is 0.417. The number of fused-ring (bicyclic) bond motifs is 1. The van der Waals surface area contributed by atoms with E-state index in [4.69, 9.17) is 16.2 Å². The molecule has 0 saturated heterocycles. The molecule has 2 rings (SSSR count). The average molecular weight is 234 g/mol. The number of benzene rings is 1. The second-order valence-electron chi connectivity index (χ2n) is 4.41. The molecule has 17 heavy (non-hydrogen) atoms. The SMILES string of the molecule is C[C@@H](N)COCc1cc(N)c2cn(C)nc2c1. The van der Waals surface area contributed by atoms with Gasteiger partial charge in [-0.2, -0.15) is 5.10 Å². The van der Waals surface area contributed by atoms with Gasteiger partial charge in [0, 0.05) is 30.4 Å². The zero-order valence-electron chi connectivity index (χ0n) is 10.2. The Morgan fingerprint density at radius 2 is 2.24 bits per heavy atom. The molecular weight excluding hydrogens is 216 g/mol. The van der Waals surface area contributed by atoms with Crippen molar-refractivity contribution < 1.29 is 4.74 Å². The smallest absolute Gasteiger partial charge is 0.0947 e. The number of aromatic nitrogens is 2. The lowest BCUT2D eigenvalue weighted by molar-refractivity contribution is 0.111. The fourth-order valence-electron chi connectivity index (χ4n) is 1.78. The van der Waals surface area contributed by atoms with E-state index >= 15 is 0 Å². The van der Waals surface area contributed by atoms with E-state index in [1.54, 1.807) is 4.68 Å². The van der Waals surface area contributed by atoms with Crippen molar-refractivity contribution in [1.29, 1.82) is 0 Å². The van der Waals surface area contributed by atoms with Crippen molar-refractivity contribution in [2.75, 3.05) is 12.3 Å². The predicted molar refractivity (Wildman–Crippen MR) is 68.4 cm³/mol. The minimum atomic E-state index is 0.0472. The molecule has 0 saturated carbocycles. The number of hydrogen-bond donors (Lipinski definition) is 2. The molecule has 1 aromatic carbocycles. The highest BCUT2D eigenvalue weighted by atomic mass is 16.5.